The van der Waals surface area contributed by atoms with Crippen LogP contribution in [0, 0.1) is 40.0 Å². The van der Waals surface area contributed by atoms with Crippen molar-refractivity contribution >= 4 is 55.5 Å². The molecule has 6 fully saturated rings. The topological polar surface area (TPSA) is 20.3 Å². The van der Waals surface area contributed by atoms with Crippen molar-refractivity contribution in [3.63, 3.8) is 0 Å². The molecule has 10 heteroatoms. The molecule has 2 nitrogen and oxygen atoms in total. The van der Waals surface area contributed by atoms with Gasteiger partial charge in [0.1, 0.15) is 0 Å². The summed E-state index contributed by atoms with van der Waals surface area (Å²) in [6.45, 7) is 42.9. The van der Waals surface area contributed by atoms with Gasteiger partial charge in [-0.3, -0.25) is 0 Å². The van der Waals surface area contributed by atoms with E-state index in [1.165, 1.54) is 154 Å². The third-order valence-electron chi connectivity index (χ3n) is 15.6. The van der Waals surface area contributed by atoms with Gasteiger partial charge in [-0.2, -0.15) is 0 Å². The summed E-state index contributed by atoms with van der Waals surface area (Å²) in [6, 6.07) is 0.724. The predicted octanol–water partition coefficient (Wildman–Crippen LogP) is 23.0. The molecule has 6 rings (SSSR count). The molecule has 0 spiro atoms. The fourth-order valence-corrected chi connectivity index (χ4v) is 28.2. The molecule has 0 bridgehead atoms. The number of nitrogens with zero attached hydrogens (tertiary/aromatic N) is 1. The Labute approximate surface area is 503 Å². The van der Waals surface area contributed by atoms with Gasteiger partial charge in [-0.15, -0.1) is 0 Å². The van der Waals surface area contributed by atoms with E-state index in [1.807, 2.05) is 0 Å². The van der Waals surface area contributed by atoms with Crippen molar-refractivity contribution in [1.82, 2.24) is 4.90 Å². The second-order valence-electron chi connectivity index (χ2n) is 26.8. The molecule has 71 heavy (non-hydrogen) atoms. The van der Waals surface area contributed by atoms with Crippen LogP contribution in [0.5, 0.6) is 0 Å². The Morgan fingerprint density at radius 1 is 0.408 bits per heavy atom. The van der Waals surface area contributed by atoms with Gasteiger partial charge in [0.25, 0.3) is 0 Å². The molecule has 0 aliphatic heterocycles. The zero-order chi connectivity index (χ0) is 50.0. The molecule has 10 atom stereocenters. The first kappa shape index (κ1) is 85.7. The van der Waals surface area contributed by atoms with E-state index < -0.39 is 7.80 Å². The first-order valence-corrected chi connectivity index (χ1v) is 33.8. The van der Waals surface area contributed by atoms with Gasteiger partial charge in [-0.25, -0.2) is 0 Å². The van der Waals surface area contributed by atoms with E-state index in [1.54, 1.807) is 0 Å². The molecule has 6 aliphatic carbocycles. The third-order valence-corrected chi connectivity index (χ3v) is 28.6. The number of hydrogen-bond acceptors (Lipinski definition) is 2. The van der Waals surface area contributed by atoms with Gasteiger partial charge < -0.3 is 27.2 Å². The summed E-state index contributed by atoms with van der Waals surface area (Å²) in [7, 11) is 3.11. The van der Waals surface area contributed by atoms with Crippen molar-refractivity contribution < 1.29 is 55.8 Å². The molecule has 7 unspecified atom stereocenters. The number of hydrogen-bond donors (Lipinski definition) is 0. The fraction of sp³-hybridized carbons (Fsp3) is 0.951. The van der Waals surface area contributed by atoms with Crippen molar-refractivity contribution in [3.8, 4) is 0 Å². The molecule has 6 saturated carbocycles. The molecular formula is C61H126Br2Fe3NOP3-2. The van der Waals surface area contributed by atoms with Crippen molar-refractivity contribution in [2.45, 2.75) is 337 Å². The maximum Gasteiger partial charge on any atom is 0.347 e. The molecule has 0 aromatic carbocycles. The van der Waals surface area contributed by atoms with Gasteiger partial charge in [0, 0.05) is 72.8 Å². The summed E-state index contributed by atoms with van der Waals surface area (Å²) in [4.78, 5) is 3.86. The summed E-state index contributed by atoms with van der Waals surface area (Å²) in [5.74, 6) is 2.43. The van der Waals surface area contributed by atoms with Crippen LogP contribution in [-0.4, -0.2) is 77.4 Å². The zero-order valence-electron chi connectivity index (χ0n) is 51.7. The standard InChI is InChI=1S/C19H39OP2.C15H30BrP.C9H18BrN.3C5H10.3CH3.3Fe/c1-14(21(17(2,3)4)18(5,6)7)15-12-11-13-16(15)22(20)19(8,9)10;1-11(12-9-8-10-13(12)16)17(14(2,3)4)15(5,6)7;1-7(11(2)3)8-5-4-6-9(8)10;3*1-2-4-5-3-1;;;;;;/h14-16H,11-13H2,1-10H3;11-13H,8-10H2,1-7H3;7-9H,4-6H2,1-3H3;3*1-5H2;3*1H3;;;/q+1;;;;;;3*-1;;;/t14-,15?,16?;11-,12?,13?;7-,8?,9?;;;;;;;;;/m111........./s1. The minimum Gasteiger partial charge on any atom is -0.358 e. The molecule has 436 valence electrons. The summed E-state index contributed by atoms with van der Waals surface area (Å²) >= 11 is 7.66. The normalized spacial score (nSPS) is 25.5. The summed E-state index contributed by atoms with van der Waals surface area (Å²) in [5.41, 5.74) is 2.01. The van der Waals surface area contributed by atoms with Crippen molar-refractivity contribution in [1.29, 1.82) is 0 Å². The van der Waals surface area contributed by atoms with Gasteiger partial charge in [0.15, 0.2) is 10.8 Å². The Morgan fingerprint density at radius 3 is 0.873 bits per heavy atom. The van der Waals surface area contributed by atoms with Crippen LogP contribution in [0.3, 0.4) is 0 Å². The summed E-state index contributed by atoms with van der Waals surface area (Å²) in [6.07, 6.45) is 34.6. The molecule has 0 amide bonds. The molecular weight excluding hydrogens is 1180 g/mol. The van der Waals surface area contributed by atoms with Crippen molar-refractivity contribution in [2.75, 3.05) is 14.1 Å². The number of alkyl halides is 2. The maximum absolute atomic E-state index is 13.1. The summed E-state index contributed by atoms with van der Waals surface area (Å²) in [5, 5.41) is 1.58. The molecule has 0 heterocycles. The molecule has 6 aliphatic rings. The van der Waals surface area contributed by atoms with Crippen LogP contribution >= 0.6 is 55.5 Å². The summed E-state index contributed by atoms with van der Waals surface area (Å²) < 4.78 is 13.1. The van der Waals surface area contributed by atoms with Crippen molar-refractivity contribution in [3.05, 3.63) is 22.3 Å². The molecule has 0 radical (unpaired) electrons. The third kappa shape index (κ3) is 33.1. The van der Waals surface area contributed by atoms with E-state index in [2.05, 4.69) is 175 Å². The van der Waals surface area contributed by atoms with Crippen LogP contribution in [0.2, 0.25) is 0 Å². The number of halogens is 2. The van der Waals surface area contributed by atoms with Crippen LogP contribution in [0.4, 0.5) is 0 Å². The minimum atomic E-state index is -1.13. The van der Waals surface area contributed by atoms with Gasteiger partial charge in [-0.1, -0.05) is 258 Å². The Morgan fingerprint density at radius 2 is 0.648 bits per heavy atom. The Balaban J connectivity index is -0.000000191. The second kappa shape index (κ2) is 41.4. The SMILES string of the molecule is C1CCCC1.C1CCCC1.C1CCCC1.C[C@H](C1CCCC1Br)N(C)C.C[C@H](C1CCCC1Br)P(C(C)(C)C)C(C)(C)C.C[C@H](C1CCCC1[P+](=O)C(C)(C)C)P(C(C)(C)C)C(C)(C)C.[CH3-].[CH3-].[CH3-].[Fe].[Fe].[Fe]. The first-order valence-electron chi connectivity index (χ1n) is 27.8. The van der Waals surface area contributed by atoms with Crippen LogP contribution in [0.15, 0.2) is 0 Å². The van der Waals surface area contributed by atoms with Gasteiger partial charge in [-0.05, 0) is 131 Å². The van der Waals surface area contributed by atoms with E-state index in [4.69, 9.17) is 0 Å². The van der Waals surface area contributed by atoms with Crippen LogP contribution in [-0.2, 0) is 55.8 Å². The Hall–Kier alpha value is 3.44. The van der Waals surface area contributed by atoms with E-state index in [0.29, 0.717) is 37.9 Å². The average molecular weight is 1310 g/mol. The van der Waals surface area contributed by atoms with Gasteiger partial charge in [0.05, 0.1) is 0 Å². The minimum absolute atomic E-state index is 0. The van der Waals surface area contributed by atoms with Crippen LogP contribution in [0.25, 0.3) is 0 Å². The maximum atomic E-state index is 13.1. The van der Waals surface area contributed by atoms with E-state index in [0.717, 1.165) is 33.2 Å². The molecule has 0 saturated heterocycles. The van der Waals surface area contributed by atoms with E-state index in [9.17, 15) is 4.57 Å². The molecule has 0 aromatic heterocycles. The zero-order valence-corrected chi connectivity index (χ0v) is 60.8. The molecule has 0 aromatic rings. The van der Waals surface area contributed by atoms with Crippen LogP contribution in [0.1, 0.15) is 279 Å². The largest absolute Gasteiger partial charge is 0.358 e. The van der Waals surface area contributed by atoms with Crippen LogP contribution < -0.4 is 0 Å². The average Bonchev–Trinajstić information content (AvgIpc) is 4.02. The fourth-order valence-electron chi connectivity index (χ4n) is 13.2. The monoisotopic (exact) mass is 1310 g/mol. The van der Waals surface area contributed by atoms with E-state index in [-0.39, 0.29) is 94.5 Å². The first-order chi connectivity index (χ1) is 29.8. The number of rotatable bonds is 7. The van der Waals surface area contributed by atoms with Gasteiger partial charge in [0.2, 0.25) is 0 Å². The van der Waals surface area contributed by atoms with E-state index >= 15 is 0 Å². The Bertz CT molecular complexity index is 1190. The van der Waals surface area contributed by atoms with Crippen molar-refractivity contribution in [2.24, 2.45) is 17.8 Å². The predicted molar refractivity (Wildman–Crippen MR) is 332 cm³/mol. The quantitative estimate of drug-likeness (QED) is 0.110. The second-order valence-corrected chi connectivity index (χ2v) is 40.3. The Kier molecular flexibility index (Phi) is 50.0. The smallest absolute Gasteiger partial charge is 0.347 e. The van der Waals surface area contributed by atoms with Gasteiger partial charge >= 0.3 is 7.80 Å². The molecule has 0 N–H and O–H groups in total.